The highest BCUT2D eigenvalue weighted by atomic mass is 16.3. The van der Waals surface area contributed by atoms with E-state index in [1.807, 2.05) is 0 Å². The predicted octanol–water partition coefficient (Wildman–Crippen LogP) is 2.22. The Labute approximate surface area is 118 Å². The van der Waals surface area contributed by atoms with Crippen molar-refractivity contribution in [3.8, 4) is 0 Å². The van der Waals surface area contributed by atoms with Gasteiger partial charge in [-0.15, -0.1) is 0 Å². The van der Waals surface area contributed by atoms with E-state index in [2.05, 4.69) is 6.92 Å². The lowest BCUT2D eigenvalue weighted by atomic mass is 9.80. The van der Waals surface area contributed by atoms with E-state index in [0.29, 0.717) is 23.5 Å². The van der Waals surface area contributed by atoms with Crippen LogP contribution in [0.4, 0.5) is 0 Å². The Hall–Kier alpha value is -1.68. The molecule has 3 atom stereocenters. The fourth-order valence-electron chi connectivity index (χ4n) is 3.49. The van der Waals surface area contributed by atoms with Crippen LogP contribution in [0.3, 0.4) is 0 Å². The Morgan fingerprint density at radius 2 is 1.75 bits per heavy atom. The molecule has 4 nitrogen and oxygen atoms in total. The summed E-state index contributed by atoms with van der Waals surface area (Å²) in [7, 11) is 0. The maximum absolute atomic E-state index is 12.5. The lowest BCUT2D eigenvalue weighted by molar-refractivity contribution is 0.0245. The van der Waals surface area contributed by atoms with Crippen molar-refractivity contribution in [2.45, 2.75) is 44.8 Å². The minimum Gasteiger partial charge on any atom is -0.393 e. The second-order valence-electron chi connectivity index (χ2n) is 5.73. The van der Waals surface area contributed by atoms with Gasteiger partial charge in [-0.25, -0.2) is 0 Å². The van der Waals surface area contributed by atoms with Crippen LogP contribution in [0.5, 0.6) is 0 Å². The van der Waals surface area contributed by atoms with Crippen molar-refractivity contribution in [3.63, 3.8) is 0 Å². The third-order valence-corrected chi connectivity index (χ3v) is 4.61. The minimum atomic E-state index is -0.410. The SMILES string of the molecule is CCC1CCC(O)CC1N1C(=O)c2ccccc2C1=O. The summed E-state index contributed by atoms with van der Waals surface area (Å²) in [6.45, 7) is 2.08. The fourth-order valence-corrected chi connectivity index (χ4v) is 3.49. The molecule has 1 aromatic rings. The average Bonchev–Trinajstić information content (AvgIpc) is 2.71. The molecule has 20 heavy (non-hydrogen) atoms. The third kappa shape index (κ3) is 1.95. The number of nitrogens with zero attached hydrogens (tertiary/aromatic N) is 1. The minimum absolute atomic E-state index is 0.170. The van der Waals surface area contributed by atoms with Gasteiger partial charge in [0.1, 0.15) is 0 Å². The van der Waals surface area contributed by atoms with Crippen molar-refractivity contribution < 1.29 is 14.7 Å². The van der Waals surface area contributed by atoms with Crippen molar-refractivity contribution in [2.24, 2.45) is 5.92 Å². The number of hydrogen-bond donors (Lipinski definition) is 1. The smallest absolute Gasteiger partial charge is 0.261 e. The van der Waals surface area contributed by atoms with Gasteiger partial charge in [0.25, 0.3) is 11.8 Å². The van der Waals surface area contributed by atoms with Crippen molar-refractivity contribution >= 4 is 11.8 Å². The number of carbonyl (C=O) groups is 2. The highest BCUT2D eigenvalue weighted by Crippen LogP contribution is 2.35. The Bertz CT molecular complexity index is 519. The number of amides is 2. The Morgan fingerprint density at radius 1 is 1.15 bits per heavy atom. The molecule has 106 valence electrons. The van der Waals surface area contributed by atoms with Crippen LogP contribution in [-0.2, 0) is 0 Å². The van der Waals surface area contributed by atoms with Crippen LogP contribution in [0.15, 0.2) is 24.3 Å². The zero-order chi connectivity index (χ0) is 14.3. The number of aliphatic hydroxyl groups excluding tert-OH is 1. The Balaban J connectivity index is 1.95. The van der Waals surface area contributed by atoms with E-state index >= 15 is 0 Å². The van der Waals surface area contributed by atoms with Crippen molar-refractivity contribution in [1.29, 1.82) is 0 Å². The zero-order valence-electron chi connectivity index (χ0n) is 11.6. The Kier molecular flexibility index (Phi) is 3.34. The lowest BCUT2D eigenvalue weighted by Crippen LogP contribution is -2.48. The molecule has 1 fully saturated rings. The van der Waals surface area contributed by atoms with Crippen LogP contribution in [0.25, 0.3) is 0 Å². The predicted molar refractivity (Wildman–Crippen MR) is 74.4 cm³/mol. The topological polar surface area (TPSA) is 57.6 Å². The summed E-state index contributed by atoms with van der Waals surface area (Å²) >= 11 is 0. The lowest BCUT2D eigenvalue weighted by Gasteiger charge is -2.38. The van der Waals surface area contributed by atoms with E-state index in [9.17, 15) is 14.7 Å². The van der Waals surface area contributed by atoms with Gasteiger partial charge >= 0.3 is 0 Å². The maximum Gasteiger partial charge on any atom is 0.261 e. The Morgan fingerprint density at radius 3 is 2.30 bits per heavy atom. The summed E-state index contributed by atoms with van der Waals surface area (Å²) in [6.07, 6.45) is 2.65. The zero-order valence-corrected chi connectivity index (χ0v) is 11.6. The largest absolute Gasteiger partial charge is 0.393 e. The van der Waals surface area contributed by atoms with Gasteiger partial charge in [0.2, 0.25) is 0 Å². The number of benzene rings is 1. The van der Waals surface area contributed by atoms with Crippen LogP contribution < -0.4 is 0 Å². The third-order valence-electron chi connectivity index (χ3n) is 4.61. The first kappa shape index (κ1) is 13.3. The van der Waals surface area contributed by atoms with E-state index in [1.54, 1.807) is 24.3 Å². The van der Waals surface area contributed by atoms with E-state index in [-0.39, 0.29) is 17.9 Å². The molecule has 1 saturated carbocycles. The van der Waals surface area contributed by atoms with Gasteiger partial charge in [0.05, 0.1) is 17.2 Å². The van der Waals surface area contributed by atoms with Gasteiger partial charge < -0.3 is 5.11 Å². The van der Waals surface area contributed by atoms with Crippen LogP contribution in [-0.4, -0.2) is 34.0 Å². The molecule has 0 saturated heterocycles. The number of rotatable bonds is 2. The highest BCUT2D eigenvalue weighted by Gasteiger charge is 2.44. The number of aliphatic hydroxyl groups is 1. The molecule has 0 bridgehead atoms. The summed E-state index contributed by atoms with van der Waals surface area (Å²) in [6, 6.07) is 6.79. The fraction of sp³-hybridized carbons (Fsp3) is 0.500. The van der Waals surface area contributed by atoms with Gasteiger partial charge in [-0.3, -0.25) is 14.5 Å². The molecule has 1 aliphatic carbocycles. The van der Waals surface area contributed by atoms with Gasteiger partial charge in [-0.1, -0.05) is 25.5 Å². The number of hydrogen-bond acceptors (Lipinski definition) is 3. The first-order valence-electron chi connectivity index (χ1n) is 7.28. The first-order valence-corrected chi connectivity index (χ1v) is 7.28. The van der Waals surface area contributed by atoms with Crippen molar-refractivity contribution in [3.05, 3.63) is 35.4 Å². The second kappa shape index (κ2) is 5.02. The highest BCUT2D eigenvalue weighted by molar-refractivity contribution is 6.21. The van der Waals surface area contributed by atoms with Crippen LogP contribution in [0.2, 0.25) is 0 Å². The molecule has 0 aromatic heterocycles. The molecule has 2 aliphatic rings. The van der Waals surface area contributed by atoms with Crippen molar-refractivity contribution in [1.82, 2.24) is 4.90 Å². The molecule has 1 N–H and O–H groups in total. The van der Waals surface area contributed by atoms with Gasteiger partial charge in [0, 0.05) is 6.04 Å². The average molecular weight is 273 g/mol. The van der Waals surface area contributed by atoms with E-state index in [0.717, 1.165) is 19.3 Å². The molecule has 1 heterocycles. The number of fused-ring (bicyclic) bond motifs is 1. The summed E-state index contributed by atoms with van der Waals surface area (Å²) < 4.78 is 0. The first-order chi connectivity index (χ1) is 9.63. The summed E-state index contributed by atoms with van der Waals surface area (Å²) in [4.78, 5) is 26.4. The van der Waals surface area contributed by atoms with Crippen molar-refractivity contribution in [2.75, 3.05) is 0 Å². The van der Waals surface area contributed by atoms with Gasteiger partial charge in [-0.05, 0) is 37.3 Å². The summed E-state index contributed by atoms with van der Waals surface area (Å²) in [5.74, 6) is -0.119. The van der Waals surface area contributed by atoms with E-state index in [1.165, 1.54) is 4.90 Å². The molecule has 2 amide bonds. The molecular formula is C16H19NO3. The maximum atomic E-state index is 12.5. The quantitative estimate of drug-likeness (QED) is 0.841. The van der Waals surface area contributed by atoms with Gasteiger partial charge in [0.15, 0.2) is 0 Å². The van der Waals surface area contributed by atoms with Crippen LogP contribution in [0.1, 0.15) is 53.3 Å². The molecule has 4 heteroatoms. The number of carbonyl (C=O) groups excluding carboxylic acids is 2. The molecule has 3 rings (SSSR count). The molecule has 1 aromatic carbocycles. The van der Waals surface area contributed by atoms with Crippen LogP contribution in [0, 0.1) is 5.92 Å². The molecular weight excluding hydrogens is 254 g/mol. The number of imide groups is 1. The van der Waals surface area contributed by atoms with E-state index in [4.69, 9.17) is 0 Å². The molecule has 3 unspecified atom stereocenters. The molecule has 1 aliphatic heterocycles. The van der Waals surface area contributed by atoms with Gasteiger partial charge in [-0.2, -0.15) is 0 Å². The normalized spacial score (nSPS) is 29.7. The standard InChI is InChI=1S/C16H19NO3/c1-2-10-7-8-11(18)9-14(10)17-15(19)12-5-3-4-6-13(12)16(17)20/h3-6,10-11,14,18H,2,7-9H2,1H3. The van der Waals surface area contributed by atoms with E-state index < -0.39 is 6.10 Å². The monoisotopic (exact) mass is 273 g/mol. The summed E-state index contributed by atoms with van der Waals surface area (Å²) in [5.41, 5.74) is 0.986. The molecule has 0 radical (unpaired) electrons. The van der Waals surface area contributed by atoms with Crippen LogP contribution >= 0.6 is 0 Å². The second-order valence-corrected chi connectivity index (χ2v) is 5.73. The summed E-state index contributed by atoms with van der Waals surface area (Å²) in [5, 5.41) is 9.89. The molecule has 0 spiro atoms.